The van der Waals surface area contributed by atoms with Gasteiger partial charge in [0.25, 0.3) is 0 Å². The predicted octanol–water partition coefficient (Wildman–Crippen LogP) is 2.17. The second-order valence-corrected chi connectivity index (χ2v) is 5.69. The Kier molecular flexibility index (Phi) is 4.32. The van der Waals surface area contributed by atoms with Gasteiger partial charge in [0.2, 0.25) is 5.88 Å². The van der Waals surface area contributed by atoms with Crippen LogP contribution in [0.2, 0.25) is 0 Å². The van der Waals surface area contributed by atoms with E-state index in [1.807, 2.05) is 0 Å². The van der Waals surface area contributed by atoms with Gasteiger partial charge in [0.15, 0.2) is 4.90 Å². The highest BCUT2D eigenvalue weighted by atomic mass is 32.2. The number of methoxy groups -OCH3 is 2. The van der Waals surface area contributed by atoms with Crippen LogP contribution < -0.4 is 13.7 Å². The van der Waals surface area contributed by atoms with Crippen LogP contribution in [0.15, 0.2) is 41.4 Å². The lowest BCUT2D eigenvalue weighted by Crippen LogP contribution is -2.12. The van der Waals surface area contributed by atoms with Crippen molar-refractivity contribution in [3.63, 3.8) is 0 Å². The normalized spacial score (nSPS) is 11.0. The van der Waals surface area contributed by atoms with Crippen molar-refractivity contribution in [2.24, 2.45) is 0 Å². The third-order valence-corrected chi connectivity index (χ3v) is 4.03. The Balaban J connectivity index is 2.48. The van der Waals surface area contributed by atoms with Crippen molar-refractivity contribution < 1.29 is 22.1 Å². The molecule has 0 atom stereocenters. The molecule has 2 aromatic rings. The monoisotopic (exact) mass is 309 g/mol. The second kappa shape index (κ2) is 6.01. The SMILES string of the molecule is COc1cc(S(=O)(=O)Oc2ccccn2)c(OC)cc1C. The van der Waals surface area contributed by atoms with Gasteiger partial charge in [0.05, 0.1) is 14.2 Å². The minimum Gasteiger partial charge on any atom is -0.496 e. The molecule has 0 aliphatic rings. The van der Waals surface area contributed by atoms with Gasteiger partial charge >= 0.3 is 10.1 Å². The van der Waals surface area contributed by atoms with Crippen molar-refractivity contribution in [3.05, 3.63) is 42.1 Å². The molecule has 21 heavy (non-hydrogen) atoms. The van der Waals surface area contributed by atoms with Crippen LogP contribution >= 0.6 is 0 Å². The summed E-state index contributed by atoms with van der Waals surface area (Å²) in [6.45, 7) is 1.79. The third-order valence-electron chi connectivity index (χ3n) is 2.78. The van der Waals surface area contributed by atoms with Crippen LogP contribution in [0.25, 0.3) is 0 Å². The minimum atomic E-state index is -4.07. The molecule has 112 valence electrons. The van der Waals surface area contributed by atoms with E-state index in [-0.39, 0.29) is 16.5 Å². The molecule has 2 rings (SSSR count). The quantitative estimate of drug-likeness (QED) is 0.788. The first-order chi connectivity index (χ1) is 9.97. The highest BCUT2D eigenvalue weighted by Gasteiger charge is 2.24. The average Bonchev–Trinajstić information content (AvgIpc) is 2.47. The van der Waals surface area contributed by atoms with Crippen molar-refractivity contribution in [1.82, 2.24) is 4.98 Å². The van der Waals surface area contributed by atoms with Gasteiger partial charge in [-0.15, -0.1) is 0 Å². The lowest BCUT2D eigenvalue weighted by molar-refractivity contribution is 0.386. The summed E-state index contributed by atoms with van der Waals surface area (Å²) in [5, 5.41) is 0. The van der Waals surface area contributed by atoms with Crippen LogP contribution in [0.1, 0.15) is 5.56 Å². The lowest BCUT2D eigenvalue weighted by atomic mass is 10.2. The molecule has 0 fully saturated rings. The number of rotatable bonds is 5. The maximum Gasteiger partial charge on any atom is 0.344 e. The maximum atomic E-state index is 12.4. The molecule has 0 N–H and O–H groups in total. The van der Waals surface area contributed by atoms with Gasteiger partial charge in [-0.25, -0.2) is 4.98 Å². The van der Waals surface area contributed by atoms with Crippen LogP contribution in [-0.4, -0.2) is 27.6 Å². The standard InChI is InChI=1S/C14H15NO5S/c1-10-8-12(19-3)13(9-11(10)18-2)21(16,17)20-14-6-4-5-7-15-14/h4-9H,1-3H3. The first kappa shape index (κ1) is 15.1. The molecule has 0 radical (unpaired) electrons. The van der Waals surface area contributed by atoms with E-state index in [9.17, 15) is 8.42 Å². The Labute approximate surface area is 123 Å². The van der Waals surface area contributed by atoms with Crippen LogP contribution in [0.5, 0.6) is 17.4 Å². The van der Waals surface area contributed by atoms with Crippen LogP contribution in [0.3, 0.4) is 0 Å². The Morgan fingerprint density at radius 3 is 2.33 bits per heavy atom. The third kappa shape index (κ3) is 3.25. The van der Waals surface area contributed by atoms with E-state index in [0.29, 0.717) is 5.75 Å². The molecule has 0 unspecified atom stereocenters. The van der Waals surface area contributed by atoms with Gasteiger partial charge in [-0.05, 0) is 24.6 Å². The van der Waals surface area contributed by atoms with Gasteiger partial charge in [0, 0.05) is 18.3 Å². The molecule has 0 amide bonds. The molecule has 0 saturated heterocycles. The fourth-order valence-corrected chi connectivity index (χ4v) is 2.82. The summed E-state index contributed by atoms with van der Waals surface area (Å²) in [5.41, 5.74) is 0.756. The zero-order valence-corrected chi connectivity index (χ0v) is 12.7. The molecule has 0 aliphatic heterocycles. The van der Waals surface area contributed by atoms with Crippen LogP contribution in [-0.2, 0) is 10.1 Å². The number of hydrogen-bond donors (Lipinski definition) is 0. The topological polar surface area (TPSA) is 74.7 Å². The molecule has 1 aromatic carbocycles. The molecule has 6 nitrogen and oxygen atoms in total. The molecule has 0 spiro atoms. The highest BCUT2D eigenvalue weighted by Crippen LogP contribution is 2.32. The number of pyridine rings is 1. The number of nitrogens with zero attached hydrogens (tertiary/aromatic N) is 1. The zero-order chi connectivity index (χ0) is 15.5. The van der Waals surface area contributed by atoms with Gasteiger partial charge < -0.3 is 13.7 Å². The zero-order valence-electron chi connectivity index (χ0n) is 11.9. The number of hydrogen-bond acceptors (Lipinski definition) is 6. The van der Waals surface area contributed by atoms with Gasteiger partial charge in [-0.3, -0.25) is 0 Å². The second-order valence-electron chi connectivity index (χ2n) is 4.18. The van der Waals surface area contributed by atoms with Crippen LogP contribution in [0, 0.1) is 6.92 Å². The van der Waals surface area contributed by atoms with E-state index in [1.165, 1.54) is 32.5 Å². The summed E-state index contributed by atoms with van der Waals surface area (Å²) >= 11 is 0. The summed E-state index contributed by atoms with van der Waals surface area (Å²) in [6.07, 6.45) is 1.44. The van der Waals surface area contributed by atoms with Crippen molar-refractivity contribution in [2.45, 2.75) is 11.8 Å². The molecule has 0 saturated carbocycles. The molecular weight excluding hydrogens is 294 g/mol. The first-order valence-corrected chi connectivity index (χ1v) is 7.47. The van der Waals surface area contributed by atoms with Crippen molar-refractivity contribution in [2.75, 3.05) is 14.2 Å². The summed E-state index contributed by atoms with van der Waals surface area (Å²) in [6, 6.07) is 7.69. The Hall–Kier alpha value is -2.28. The Morgan fingerprint density at radius 2 is 1.76 bits per heavy atom. The van der Waals surface area contributed by atoms with E-state index in [4.69, 9.17) is 13.7 Å². The largest absolute Gasteiger partial charge is 0.496 e. The molecular formula is C14H15NO5S. The van der Waals surface area contributed by atoms with E-state index >= 15 is 0 Å². The van der Waals surface area contributed by atoms with Gasteiger partial charge in [0.1, 0.15) is 11.5 Å². The van der Waals surface area contributed by atoms with Gasteiger partial charge in [-0.2, -0.15) is 8.42 Å². The van der Waals surface area contributed by atoms with Crippen molar-refractivity contribution in [3.8, 4) is 17.4 Å². The number of aromatic nitrogens is 1. The molecule has 0 bridgehead atoms. The predicted molar refractivity (Wildman–Crippen MR) is 76.3 cm³/mol. The Bertz CT molecular complexity index is 729. The van der Waals surface area contributed by atoms with E-state index in [2.05, 4.69) is 4.98 Å². The van der Waals surface area contributed by atoms with Crippen molar-refractivity contribution in [1.29, 1.82) is 0 Å². The van der Waals surface area contributed by atoms with E-state index in [0.717, 1.165) is 5.56 Å². The lowest BCUT2D eigenvalue weighted by Gasteiger charge is -2.13. The minimum absolute atomic E-state index is 0.0147. The smallest absolute Gasteiger partial charge is 0.344 e. The number of ether oxygens (including phenoxy) is 2. The molecule has 7 heteroatoms. The molecule has 1 heterocycles. The first-order valence-electron chi connectivity index (χ1n) is 6.06. The summed E-state index contributed by atoms with van der Waals surface area (Å²) in [4.78, 5) is 3.72. The molecule has 0 aliphatic carbocycles. The number of aryl methyl sites for hydroxylation is 1. The van der Waals surface area contributed by atoms with E-state index in [1.54, 1.807) is 25.1 Å². The fourth-order valence-electron chi connectivity index (χ4n) is 1.77. The van der Waals surface area contributed by atoms with Crippen molar-refractivity contribution >= 4 is 10.1 Å². The summed E-state index contributed by atoms with van der Waals surface area (Å²) < 4.78 is 40.0. The molecule has 1 aromatic heterocycles. The van der Waals surface area contributed by atoms with Gasteiger partial charge in [-0.1, -0.05) is 6.07 Å². The van der Waals surface area contributed by atoms with Crippen LogP contribution in [0.4, 0.5) is 0 Å². The highest BCUT2D eigenvalue weighted by molar-refractivity contribution is 7.87. The average molecular weight is 309 g/mol. The summed E-state index contributed by atoms with van der Waals surface area (Å²) in [5.74, 6) is 0.599. The Morgan fingerprint density at radius 1 is 1.05 bits per heavy atom. The number of benzene rings is 1. The maximum absolute atomic E-state index is 12.4. The fraction of sp³-hybridized carbons (Fsp3) is 0.214. The van der Waals surface area contributed by atoms with E-state index < -0.39 is 10.1 Å². The summed E-state index contributed by atoms with van der Waals surface area (Å²) in [7, 11) is -1.22.